The molecule has 8 heteroatoms. The van der Waals surface area contributed by atoms with E-state index < -0.39 is 0 Å². The van der Waals surface area contributed by atoms with E-state index in [0.29, 0.717) is 28.2 Å². The molecule has 0 aliphatic rings. The van der Waals surface area contributed by atoms with E-state index in [0.717, 1.165) is 21.3 Å². The van der Waals surface area contributed by atoms with Gasteiger partial charge in [0.15, 0.2) is 11.7 Å². The molecule has 0 fully saturated rings. The molecule has 0 aliphatic heterocycles. The second-order valence-electron chi connectivity index (χ2n) is 6.82. The molecule has 0 atom stereocenters. The number of hydrogen-bond donors (Lipinski definition) is 0. The number of methoxy groups -OCH3 is 1. The van der Waals surface area contributed by atoms with Crippen LogP contribution in [0.3, 0.4) is 0 Å². The Bertz CT molecular complexity index is 1210. The highest BCUT2D eigenvalue weighted by Gasteiger charge is 2.22. The van der Waals surface area contributed by atoms with Crippen LogP contribution in [0.4, 0.5) is 5.13 Å². The first-order valence-electron chi connectivity index (χ1n) is 9.57. The molecule has 0 unspecified atom stereocenters. The molecule has 0 N–H and O–H groups in total. The van der Waals surface area contributed by atoms with Gasteiger partial charge in [0, 0.05) is 23.5 Å². The molecule has 0 radical (unpaired) electrons. The van der Waals surface area contributed by atoms with Crippen molar-refractivity contribution in [2.24, 2.45) is 0 Å². The molecule has 2 heterocycles. The zero-order valence-corrected chi connectivity index (χ0v) is 18.6. The topological polar surface area (TPSA) is 64.6 Å². The minimum Gasteiger partial charge on any atom is -0.497 e. The molecule has 2 aromatic carbocycles. The standard InChI is InChI=1S/C23H20ClN3O3S/c1-15-19(24)8-9-20-22(15)26-23(31-20)27(13-16-5-4-10-25-12-16)21(28)14-30-18-7-3-6-17(11-18)29-2/h3-12H,13-14H2,1-2H3. The first kappa shape index (κ1) is 21.1. The molecule has 0 spiro atoms. The first-order valence-corrected chi connectivity index (χ1v) is 10.8. The second-order valence-corrected chi connectivity index (χ2v) is 8.24. The Morgan fingerprint density at radius 2 is 2.00 bits per heavy atom. The summed E-state index contributed by atoms with van der Waals surface area (Å²) in [4.78, 5) is 23.7. The summed E-state index contributed by atoms with van der Waals surface area (Å²) in [6.45, 7) is 2.12. The van der Waals surface area contributed by atoms with E-state index in [1.54, 1.807) is 36.5 Å². The lowest BCUT2D eigenvalue weighted by Crippen LogP contribution is -2.34. The van der Waals surface area contributed by atoms with Gasteiger partial charge in [-0.3, -0.25) is 14.7 Å². The maximum Gasteiger partial charge on any atom is 0.267 e. The van der Waals surface area contributed by atoms with Crippen LogP contribution >= 0.6 is 22.9 Å². The van der Waals surface area contributed by atoms with Gasteiger partial charge in [-0.1, -0.05) is 35.1 Å². The molecule has 1 amide bonds. The van der Waals surface area contributed by atoms with Crippen LogP contribution in [0.25, 0.3) is 10.2 Å². The molecular weight excluding hydrogens is 434 g/mol. The third-order valence-corrected chi connectivity index (χ3v) is 6.19. The van der Waals surface area contributed by atoms with Gasteiger partial charge in [0.25, 0.3) is 5.91 Å². The van der Waals surface area contributed by atoms with Gasteiger partial charge in [0.05, 0.1) is 23.9 Å². The van der Waals surface area contributed by atoms with Crippen molar-refractivity contribution in [2.45, 2.75) is 13.5 Å². The van der Waals surface area contributed by atoms with Crippen molar-refractivity contribution in [3.63, 3.8) is 0 Å². The van der Waals surface area contributed by atoms with Crippen molar-refractivity contribution >= 4 is 44.2 Å². The summed E-state index contributed by atoms with van der Waals surface area (Å²) in [6.07, 6.45) is 3.43. The Morgan fingerprint density at radius 1 is 1.16 bits per heavy atom. The average Bonchev–Trinajstić information content (AvgIpc) is 3.24. The van der Waals surface area contributed by atoms with Crippen LogP contribution in [0.1, 0.15) is 11.1 Å². The van der Waals surface area contributed by atoms with E-state index in [4.69, 9.17) is 26.1 Å². The minimum absolute atomic E-state index is 0.136. The number of anilines is 1. The monoisotopic (exact) mass is 453 g/mol. The number of carbonyl (C=O) groups is 1. The van der Waals surface area contributed by atoms with E-state index in [1.165, 1.54) is 11.3 Å². The van der Waals surface area contributed by atoms with Crippen molar-refractivity contribution in [2.75, 3.05) is 18.6 Å². The molecule has 0 bridgehead atoms. The van der Waals surface area contributed by atoms with E-state index in [2.05, 4.69) is 4.98 Å². The molecule has 6 nitrogen and oxygen atoms in total. The largest absolute Gasteiger partial charge is 0.497 e. The van der Waals surface area contributed by atoms with E-state index in [1.807, 2.05) is 43.3 Å². The fourth-order valence-corrected chi connectivity index (χ4v) is 4.25. The molecule has 0 aliphatic carbocycles. The number of nitrogens with zero attached hydrogens (tertiary/aromatic N) is 3. The summed E-state index contributed by atoms with van der Waals surface area (Å²) in [5.74, 6) is 1.01. The van der Waals surface area contributed by atoms with Crippen molar-refractivity contribution in [1.82, 2.24) is 9.97 Å². The van der Waals surface area contributed by atoms with Gasteiger partial charge >= 0.3 is 0 Å². The number of amides is 1. The van der Waals surface area contributed by atoms with Crippen molar-refractivity contribution < 1.29 is 14.3 Å². The number of aryl methyl sites for hydroxylation is 1. The summed E-state index contributed by atoms with van der Waals surface area (Å²) in [6, 6.07) is 14.7. The fourth-order valence-electron chi connectivity index (χ4n) is 3.05. The van der Waals surface area contributed by atoms with E-state index in [-0.39, 0.29) is 12.5 Å². The summed E-state index contributed by atoms with van der Waals surface area (Å²) in [7, 11) is 1.58. The van der Waals surface area contributed by atoms with Crippen LogP contribution in [-0.4, -0.2) is 29.6 Å². The number of fused-ring (bicyclic) bond motifs is 1. The fraction of sp³-hybridized carbons (Fsp3) is 0.174. The highest BCUT2D eigenvalue weighted by molar-refractivity contribution is 7.22. The molecule has 31 heavy (non-hydrogen) atoms. The average molecular weight is 454 g/mol. The molecule has 158 valence electrons. The Hall–Kier alpha value is -3.16. The maximum absolute atomic E-state index is 13.2. The van der Waals surface area contributed by atoms with Crippen LogP contribution in [0.5, 0.6) is 11.5 Å². The number of pyridine rings is 1. The smallest absolute Gasteiger partial charge is 0.267 e. The molecule has 0 saturated heterocycles. The Morgan fingerprint density at radius 3 is 2.77 bits per heavy atom. The third kappa shape index (κ3) is 4.78. The normalized spacial score (nSPS) is 10.8. The third-order valence-electron chi connectivity index (χ3n) is 4.74. The lowest BCUT2D eigenvalue weighted by Gasteiger charge is -2.20. The Labute approximate surface area is 189 Å². The summed E-state index contributed by atoms with van der Waals surface area (Å²) < 4.78 is 11.9. The van der Waals surface area contributed by atoms with Gasteiger partial charge in [-0.15, -0.1) is 0 Å². The number of ether oxygens (including phenoxy) is 2. The molecule has 0 saturated carbocycles. The number of hydrogen-bond acceptors (Lipinski definition) is 6. The zero-order valence-electron chi connectivity index (χ0n) is 17.0. The highest BCUT2D eigenvalue weighted by atomic mass is 35.5. The number of halogens is 1. The van der Waals surface area contributed by atoms with Gasteiger partial charge in [-0.2, -0.15) is 0 Å². The number of carbonyl (C=O) groups excluding carboxylic acids is 1. The summed E-state index contributed by atoms with van der Waals surface area (Å²) in [5.41, 5.74) is 2.58. The van der Waals surface area contributed by atoms with Crippen molar-refractivity contribution in [1.29, 1.82) is 0 Å². The first-order chi connectivity index (χ1) is 15.0. The van der Waals surface area contributed by atoms with Crippen molar-refractivity contribution in [3.8, 4) is 11.5 Å². The van der Waals surface area contributed by atoms with Crippen LogP contribution < -0.4 is 14.4 Å². The van der Waals surface area contributed by atoms with Gasteiger partial charge in [-0.05, 0) is 48.4 Å². The Balaban J connectivity index is 1.62. The van der Waals surface area contributed by atoms with E-state index in [9.17, 15) is 4.79 Å². The minimum atomic E-state index is -0.213. The zero-order chi connectivity index (χ0) is 21.8. The predicted octanol–water partition coefficient (Wildman–Crippen LogP) is 5.27. The molecule has 4 aromatic rings. The van der Waals surface area contributed by atoms with Gasteiger partial charge in [0.2, 0.25) is 0 Å². The van der Waals surface area contributed by atoms with E-state index >= 15 is 0 Å². The molecule has 4 rings (SSSR count). The quantitative estimate of drug-likeness (QED) is 0.381. The highest BCUT2D eigenvalue weighted by Crippen LogP contribution is 2.34. The van der Waals surface area contributed by atoms with Crippen LogP contribution in [0.2, 0.25) is 5.02 Å². The van der Waals surface area contributed by atoms with Crippen LogP contribution in [-0.2, 0) is 11.3 Å². The van der Waals surface area contributed by atoms with Crippen LogP contribution in [0, 0.1) is 6.92 Å². The Kier molecular flexibility index (Phi) is 6.34. The molecule has 2 aromatic heterocycles. The number of aromatic nitrogens is 2. The number of benzene rings is 2. The lowest BCUT2D eigenvalue weighted by atomic mass is 10.2. The van der Waals surface area contributed by atoms with Gasteiger partial charge in [-0.25, -0.2) is 4.98 Å². The SMILES string of the molecule is COc1cccc(OCC(=O)N(Cc2cccnc2)c2nc3c(C)c(Cl)ccc3s2)c1. The van der Waals surface area contributed by atoms with Gasteiger partial charge < -0.3 is 9.47 Å². The lowest BCUT2D eigenvalue weighted by molar-refractivity contribution is -0.120. The summed E-state index contributed by atoms with van der Waals surface area (Å²) >= 11 is 7.70. The predicted molar refractivity (Wildman–Crippen MR) is 123 cm³/mol. The molecular formula is C23H20ClN3O3S. The van der Waals surface area contributed by atoms with Crippen molar-refractivity contribution in [3.05, 3.63) is 77.1 Å². The number of thiazole rings is 1. The van der Waals surface area contributed by atoms with Gasteiger partial charge in [0.1, 0.15) is 11.5 Å². The van der Waals surface area contributed by atoms with Crippen LogP contribution in [0.15, 0.2) is 60.9 Å². The summed E-state index contributed by atoms with van der Waals surface area (Å²) in [5, 5.41) is 1.24. The number of rotatable bonds is 7. The maximum atomic E-state index is 13.2. The second kappa shape index (κ2) is 9.32.